The Morgan fingerprint density at radius 1 is 0.783 bits per heavy atom. The van der Waals surface area contributed by atoms with E-state index in [0.717, 1.165) is 12.8 Å². The number of unbranched alkanes of at least 4 members (excludes halogenated alkanes) is 13. The fourth-order valence-electron chi connectivity index (χ4n) is 3.02. The SMILES string of the molecule is CCCCCCCCCCCCCCCCC(C)(N)C(=O)OC. The molecule has 0 aromatic heterocycles. The first kappa shape index (κ1) is 22.4. The minimum atomic E-state index is -0.814. The van der Waals surface area contributed by atoms with Gasteiger partial charge in [0.25, 0.3) is 0 Å². The standard InChI is InChI=1S/C20H41NO2/c1-4-5-6-7-8-9-10-11-12-13-14-15-16-17-18-20(2,21)19(22)23-3/h4-18,21H2,1-3H3. The summed E-state index contributed by atoms with van der Waals surface area (Å²) >= 11 is 0. The molecule has 0 aromatic rings. The van der Waals surface area contributed by atoms with Gasteiger partial charge in [-0.1, -0.05) is 96.8 Å². The number of carbonyl (C=O) groups excluding carboxylic acids is 1. The van der Waals surface area contributed by atoms with E-state index in [1.165, 1.54) is 90.6 Å². The molecule has 0 bridgehead atoms. The van der Waals surface area contributed by atoms with Crippen LogP contribution in [-0.4, -0.2) is 18.6 Å². The van der Waals surface area contributed by atoms with Gasteiger partial charge in [-0.2, -0.15) is 0 Å². The second-order valence-electron chi connectivity index (χ2n) is 7.26. The van der Waals surface area contributed by atoms with Crippen molar-refractivity contribution in [2.45, 2.75) is 116 Å². The lowest BCUT2D eigenvalue weighted by molar-refractivity contribution is -0.146. The van der Waals surface area contributed by atoms with Crippen LogP contribution in [-0.2, 0) is 9.53 Å². The Morgan fingerprint density at radius 2 is 1.13 bits per heavy atom. The highest BCUT2D eigenvalue weighted by Crippen LogP contribution is 2.16. The molecular weight excluding hydrogens is 286 g/mol. The van der Waals surface area contributed by atoms with Crippen LogP contribution in [0.2, 0.25) is 0 Å². The summed E-state index contributed by atoms with van der Waals surface area (Å²) in [6.45, 7) is 4.04. The fraction of sp³-hybridized carbons (Fsp3) is 0.950. The number of esters is 1. The summed E-state index contributed by atoms with van der Waals surface area (Å²) in [6, 6.07) is 0. The molecule has 0 aliphatic rings. The van der Waals surface area contributed by atoms with E-state index in [1.807, 2.05) is 0 Å². The lowest BCUT2D eigenvalue weighted by Crippen LogP contribution is -2.45. The maximum atomic E-state index is 11.5. The van der Waals surface area contributed by atoms with Crippen LogP contribution in [0.25, 0.3) is 0 Å². The third-order valence-electron chi connectivity index (χ3n) is 4.70. The minimum absolute atomic E-state index is 0.299. The summed E-state index contributed by atoms with van der Waals surface area (Å²) in [4.78, 5) is 11.5. The number of carbonyl (C=O) groups is 1. The Bertz CT molecular complexity index is 277. The number of ether oxygens (including phenoxy) is 1. The molecule has 0 radical (unpaired) electrons. The number of hydrogen-bond donors (Lipinski definition) is 1. The van der Waals surface area contributed by atoms with Gasteiger partial charge in [-0.25, -0.2) is 0 Å². The second-order valence-corrected chi connectivity index (χ2v) is 7.26. The van der Waals surface area contributed by atoms with Gasteiger partial charge in [0, 0.05) is 0 Å². The summed E-state index contributed by atoms with van der Waals surface area (Å²) in [7, 11) is 1.40. The van der Waals surface area contributed by atoms with Crippen LogP contribution in [0.1, 0.15) is 110 Å². The highest BCUT2D eigenvalue weighted by atomic mass is 16.5. The van der Waals surface area contributed by atoms with E-state index in [-0.39, 0.29) is 5.97 Å². The van der Waals surface area contributed by atoms with Gasteiger partial charge in [-0.15, -0.1) is 0 Å². The summed E-state index contributed by atoms with van der Waals surface area (Å²) in [5.74, 6) is -0.299. The number of methoxy groups -OCH3 is 1. The quantitative estimate of drug-likeness (QED) is 0.290. The Balaban J connectivity index is 3.24. The van der Waals surface area contributed by atoms with E-state index >= 15 is 0 Å². The molecule has 138 valence electrons. The molecule has 0 amide bonds. The zero-order chi connectivity index (χ0) is 17.4. The molecule has 2 N–H and O–H groups in total. The number of hydrogen-bond acceptors (Lipinski definition) is 3. The van der Waals surface area contributed by atoms with E-state index in [0.29, 0.717) is 0 Å². The monoisotopic (exact) mass is 327 g/mol. The third kappa shape index (κ3) is 13.6. The fourth-order valence-corrected chi connectivity index (χ4v) is 3.02. The van der Waals surface area contributed by atoms with E-state index in [4.69, 9.17) is 10.5 Å². The van der Waals surface area contributed by atoms with Crippen molar-refractivity contribution in [3.05, 3.63) is 0 Å². The number of nitrogens with two attached hydrogens (primary N) is 1. The summed E-state index contributed by atoms with van der Waals surface area (Å²) in [5, 5.41) is 0. The van der Waals surface area contributed by atoms with E-state index < -0.39 is 5.54 Å². The Labute approximate surface area is 144 Å². The molecule has 23 heavy (non-hydrogen) atoms. The van der Waals surface area contributed by atoms with Gasteiger partial charge < -0.3 is 10.5 Å². The molecule has 0 aliphatic heterocycles. The van der Waals surface area contributed by atoms with Crippen molar-refractivity contribution >= 4 is 5.97 Å². The van der Waals surface area contributed by atoms with Crippen LogP contribution in [0.5, 0.6) is 0 Å². The molecule has 0 rings (SSSR count). The minimum Gasteiger partial charge on any atom is -0.468 e. The smallest absolute Gasteiger partial charge is 0.325 e. The molecule has 1 atom stereocenters. The van der Waals surface area contributed by atoms with Gasteiger partial charge >= 0.3 is 5.97 Å². The predicted molar refractivity (Wildman–Crippen MR) is 99.5 cm³/mol. The Kier molecular flexibility index (Phi) is 14.6. The van der Waals surface area contributed by atoms with Crippen molar-refractivity contribution in [3.8, 4) is 0 Å². The first-order valence-corrected chi connectivity index (χ1v) is 9.92. The second kappa shape index (κ2) is 15.0. The lowest BCUT2D eigenvalue weighted by atomic mass is 9.95. The highest BCUT2D eigenvalue weighted by Gasteiger charge is 2.28. The van der Waals surface area contributed by atoms with E-state index in [2.05, 4.69) is 6.92 Å². The molecule has 0 heterocycles. The molecule has 3 nitrogen and oxygen atoms in total. The van der Waals surface area contributed by atoms with Crippen LogP contribution < -0.4 is 5.73 Å². The first-order chi connectivity index (χ1) is 11.0. The molecule has 0 saturated heterocycles. The zero-order valence-corrected chi connectivity index (χ0v) is 16.0. The summed E-state index contributed by atoms with van der Waals surface area (Å²) in [6.07, 6.45) is 19.5. The van der Waals surface area contributed by atoms with Gasteiger partial charge in [-0.05, 0) is 13.3 Å². The maximum absolute atomic E-state index is 11.5. The van der Waals surface area contributed by atoms with E-state index in [1.54, 1.807) is 6.92 Å². The normalized spacial score (nSPS) is 13.7. The van der Waals surface area contributed by atoms with Crippen LogP contribution in [0.3, 0.4) is 0 Å². The molecule has 0 aliphatic carbocycles. The molecule has 0 spiro atoms. The van der Waals surface area contributed by atoms with E-state index in [9.17, 15) is 4.79 Å². The van der Waals surface area contributed by atoms with Crippen LogP contribution in [0.15, 0.2) is 0 Å². The van der Waals surface area contributed by atoms with Crippen molar-refractivity contribution in [2.24, 2.45) is 5.73 Å². The van der Waals surface area contributed by atoms with Crippen LogP contribution in [0.4, 0.5) is 0 Å². The molecular formula is C20H41NO2. The molecule has 0 fully saturated rings. The Morgan fingerprint density at radius 3 is 1.48 bits per heavy atom. The van der Waals surface area contributed by atoms with Crippen LogP contribution >= 0.6 is 0 Å². The topological polar surface area (TPSA) is 52.3 Å². The van der Waals surface area contributed by atoms with Gasteiger partial charge in [0.05, 0.1) is 7.11 Å². The Hall–Kier alpha value is -0.570. The van der Waals surface area contributed by atoms with Crippen molar-refractivity contribution in [1.29, 1.82) is 0 Å². The molecule has 0 saturated carbocycles. The number of rotatable bonds is 16. The lowest BCUT2D eigenvalue weighted by Gasteiger charge is -2.20. The summed E-state index contributed by atoms with van der Waals surface area (Å²) in [5.41, 5.74) is 5.13. The molecule has 3 heteroatoms. The largest absolute Gasteiger partial charge is 0.468 e. The first-order valence-electron chi connectivity index (χ1n) is 9.92. The molecule has 0 aromatic carbocycles. The van der Waals surface area contributed by atoms with Crippen molar-refractivity contribution < 1.29 is 9.53 Å². The van der Waals surface area contributed by atoms with Gasteiger partial charge in [0.1, 0.15) is 5.54 Å². The van der Waals surface area contributed by atoms with Gasteiger partial charge in [0.2, 0.25) is 0 Å². The molecule has 1 unspecified atom stereocenters. The average Bonchev–Trinajstić information content (AvgIpc) is 2.54. The van der Waals surface area contributed by atoms with Gasteiger partial charge in [0.15, 0.2) is 0 Å². The highest BCUT2D eigenvalue weighted by molar-refractivity contribution is 5.79. The third-order valence-corrected chi connectivity index (χ3v) is 4.70. The van der Waals surface area contributed by atoms with Gasteiger partial charge in [-0.3, -0.25) is 4.79 Å². The maximum Gasteiger partial charge on any atom is 0.325 e. The van der Waals surface area contributed by atoms with Crippen molar-refractivity contribution in [3.63, 3.8) is 0 Å². The zero-order valence-electron chi connectivity index (χ0n) is 16.0. The van der Waals surface area contributed by atoms with Crippen molar-refractivity contribution in [2.75, 3.05) is 7.11 Å². The average molecular weight is 328 g/mol. The summed E-state index contributed by atoms with van der Waals surface area (Å²) < 4.78 is 4.72. The van der Waals surface area contributed by atoms with Crippen molar-refractivity contribution in [1.82, 2.24) is 0 Å². The predicted octanol–water partition coefficient (Wildman–Crippen LogP) is 5.75. The van der Waals surface area contributed by atoms with Crippen LogP contribution in [0, 0.1) is 0 Å².